The third kappa shape index (κ3) is 1.54. The summed E-state index contributed by atoms with van der Waals surface area (Å²) in [6, 6.07) is 9.00. The fourth-order valence-electron chi connectivity index (χ4n) is 1.16. The summed E-state index contributed by atoms with van der Waals surface area (Å²) in [4.78, 5) is 11.7. The number of benzene rings is 1. The van der Waals surface area contributed by atoms with Crippen molar-refractivity contribution in [2.24, 2.45) is 0 Å². The van der Waals surface area contributed by atoms with Crippen molar-refractivity contribution >= 4 is 5.91 Å². The van der Waals surface area contributed by atoms with Crippen molar-refractivity contribution in [2.75, 3.05) is 0 Å². The predicted octanol–water partition coefficient (Wildman–Crippen LogP) is 1.28. The van der Waals surface area contributed by atoms with Crippen molar-refractivity contribution in [1.29, 1.82) is 0 Å². The highest BCUT2D eigenvalue weighted by Crippen LogP contribution is 2.01. The van der Waals surface area contributed by atoms with Gasteiger partial charge in [0.15, 0.2) is 0 Å². The van der Waals surface area contributed by atoms with Crippen LogP contribution in [-0.4, -0.2) is 20.9 Å². The highest BCUT2D eigenvalue weighted by molar-refractivity contribution is 5.95. The predicted molar refractivity (Wildman–Crippen MR) is 50.9 cm³/mol. The molecule has 14 heavy (non-hydrogen) atoms. The zero-order chi connectivity index (χ0) is 9.97. The van der Waals surface area contributed by atoms with E-state index in [1.807, 2.05) is 18.2 Å². The van der Waals surface area contributed by atoms with Crippen LogP contribution in [0, 0.1) is 6.92 Å². The first kappa shape index (κ1) is 8.62. The van der Waals surface area contributed by atoms with Gasteiger partial charge in [0.2, 0.25) is 0 Å². The normalized spacial score (nSPS) is 10.1. The third-order valence-corrected chi connectivity index (χ3v) is 1.84. The second-order valence-corrected chi connectivity index (χ2v) is 2.98. The minimum Gasteiger partial charge on any atom is -0.267 e. The average Bonchev–Trinajstić information content (AvgIpc) is 2.65. The molecule has 0 radical (unpaired) electrons. The van der Waals surface area contributed by atoms with E-state index >= 15 is 0 Å². The van der Waals surface area contributed by atoms with E-state index in [1.54, 1.807) is 25.3 Å². The van der Waals surface area contributed by atoms with Crippen LogP contribution in [0.4, 0.5) is 0 Å². The molecule has 70 valence electrons. The summed E-state index contributed by atoms with van der Waals surface area (Å²) in [5.41, 5.74) is 1.34. The molecule has 2 rings (SSSR count). The number of aromatic nitrogens is 3. The van der Waals surface area contributed by atoms with E-state index in [0.717, 1.165) is 5.69 Å². The monoisotopic (exact) mass is 187 g/mol. The molecule has 1 aromatic carbocycles. The summed E-state index contributed by atoms with van der Waals surface area (Å²) in [5, 5.41) is 7.46. The van der Waals surface area contributed by atoms with Crippen LogP contribution in [0.2, 0.25) is 0 Å². The van der Waals surface area contributed by atoms with Crippen LogP contribution >= 0.6 is 0 Å². The Morgan fingerprint density at radius 2 is 2.00 bits per heavy atom. The van der Waals surface area contributed by atoms with Gasteiger partial charge in [0.05, 0.1) is 11.9 Å². The van der Waals surface area contributed by atoms with Gasteiger partial charge in [-0.05, 0) is 19.1 Å². The zero-order valence-electron chi connectivity index (χ0n) is 7.71. The first-order valence-corrected chi connectivity index (χ1v) is 4.26. The molecule has 1 heterocycles. The minimum absolute atomic E-state index is 0.161. The zero-order valence-corrected chi connectivity index (χ0v) is 7.71. The number of carbonyl (C=O) groups excluding carboxylic acids is 1. The lowest BCUT2D eigenvalue weighted by Crippen LogP contribution is -2.12. The highest BCUT2D eigenvalue weighted by Gasteiger charge is 2.08. The van der Waals surface area contributed by atoms with Gasteiger partial charge in [-0.1, -0.05) is 23.4 Å². The van der Waals surface area contributed by atoms with E-state index in [0.29, 0.717) is 5.56 Å². The van der Waals surface area contributed by atoms with Gasteiger partial charge in [0.1, 0.15) is 0 Å². The summed E-state index contributed by atoms with van der Waals surface area (Å²) < 4.78 is 1.24. The van der Waals surface area contributed by atoms with Crippen molar-refractivity contribution in [3.63, 3.8) is 0 Å². The molecule has 4 heteroatoms. The van der Waals surface area contributed by atoms with E-state index in [4.69, 9.17) is 0 Å². The molecular formula is C10H9N3O. The SMILES string of the molecule is Cc1cn(C(=O)c2ccccc2)nn1. The number of nitrogens with zero attached hydrogens (tertiary/aromatic N) is 3. The summed E-state index contributed by atoms with van der Waals surface area (Å²) >= 11 is 0. The molecule has 0 N–H and O–H groups in total. The summed E-state index contributed by atoms with van der Waals surface area (Å²) in [6.07, 6.45) is 1.61. The Kier molecular flexibility index (Phi) is 2.10. The maximum atomic E-state index is 11.7. The van der Waals surface area contributed by atoms with E-state index in [-0.39, 0.29) is 5.91 Å². The van der Waals surface area contributed by atoms with Crippen molar-refractivity contribution in [1.82, 2.24) is 15.0 Å². The Morgan fingerprint density at radius 1 is 1.29 bits per heavy atom. The topological polar surface area (TPSA) is 47.8 Å². The molecule has 0 fully saturated rings. The van der Waals surface area contributed by atoms with Gasteiger partial charge in [-0.2, -0.15) is 4.68 Å². The Bertz CT molecular complexity index is 447. The van der Waals surface area contributed by atoms with Crippen molar-refractivity contribution < 1.29 is 4.79 Å². The molecule has 2 aromatic rings. The molecular weight excluding hydrogens is 178 g/mol. The lowest BCUT2D eigenvalue weighted by molar-refractivity contribution is 0.0943. The molecule has 0 saturated carbocycles. The second-order valence-electron chi connectivity index (χ2n) is 2.98. The van der Waals surface area contributed by atoms with E-state index in [1.165, 1.54) is 4.68 Å². The number of rotatable bonds is 1. The van der Waals surface area contributed by atoms with Gasteiger partial charge in [-0.15, -0.1) is 5.10 Å². The molecule has 0 bridgehead atoms. The molecule has 0 aliphatic rings. The molecule has 1 aromatic heterocycles. The van der Waals surface area contributed by atoms with E-state index in [9.17, 15) is 4.79 Å². The van der Waals surface area contributed by atoms with Gasteiger partial charge < -0.3 is 0 Å². The van der Waals surface area contributed by atoms with Gasteiger partial charge in [0, 0.05) is 5.56 Å². The molecule has 0 aliphatic heterocycles. The molecule has 4 nitrogen and oxygen atoms in total. The van der Waals surface area contributed by atoms with Crippen LogP contribution in [0.5, 0.6) is 0 Å². The van der Waals surface area contributed by atoms with Gasteiger partial charge >= 0.3 is 0 Å². The Balaban J connectivity index is 2.34. The standard InChI is InChI=1S/C10H9N3O/c1-8-7-13(12-11-8)10(14)9-5-3-2-4-6-9/h2-7H,1H3. The Hall–Kier alpha value is -1.97. The van der Waals surface area contributed by atoms with Crippen LogP contribution in [-0.2, 0) is 0 Å². The van der Waals surface area contributed by atoms with Gasteiger partial charge in [-0.3, -0.25) is 4.79 Å². The van der Waals surface area contributed by atoms with Gasteiger partial charge in [-0.25, -0.2) is 0 Å². The lowest BCUT2D eigenvalue weighted by Gasteiger charge is -1.97. The fraction of sp³-hybridized carbons (Fsp3) is 0.100. The van der Waals surface area contributed by atoms with E-state index < -0.39 is 0 Å². The van der Waals surface area contributed by atoms with E-state index in [2.05, 4.69) is 10.3 Å². The number of carbonyl (C=O) groups is 1. The van der Waals surface area contributed by atoms with Crippen LogP contribution in [0.1, 0.15) is 16.1 Å². The fourth-order valence-corrected chi connectivity index (χ4v) is 1.16. The second kappa shape index (κ2) is 3.41. The minimum atomic E-state index is -0.161. The Morgan fingerprint density at radius 3 is 2.57 bits per heavy atom. The lowest BCUT2D eigenvalue weighted by atomic mass is 10.2. The maximum absolute atomic E-state index is 11.7. The maximum Gasteiger partial charge on any atom is 0.279 e. The van der Waals surface area contributed by atoms with Crippen LogP contribution in [0.3, 0.4) is 0 Å². The van der Waals surface area contributed by atoms with Crippen LogP contribution < -0.4 is 0 Å². The number of hydrogen-bond donors (Lipinski definition) is 0. The smallest absolute Gasteiger partial charge is 0.267 e. The highest BCUT2D eigenvalue weighted by atomic mass is 16.2. The molecule has 0 spiro atoms. The van der Waals surface area contributed by atoms with Crippen molar-refractivity contribution in [2.45, 2.75) is 6.92 Å². The van der Waals surface area contributed by atoms with Gasteiger partial charge in [0.25, 0.3) is 5.91 Å². The average molecular weight is 187 g/mol. The first-order chi connectivity index (χ1) is 6.77. The van der Waals surface area contributed by atoms with Crippen LogP contribution in [0.15, 0.2) is 36.5 Å². The summed E-state index contributed by atoms with van der Waals surface area (Å²) in [5.74, 6) is -0.161. The molecule has 0 saturated heterocycles. The molecule has 0 unspecified atom stereocenters. The van der Waals surface area contributed by atoms with Crippen molar-refractivity contribution in [3.05, 3.63) is 47.8 Å². The van der Waals surface area contributed by atoms with Crippen LogP contribution in [0.25, 0.3) is 0 Å². The molecule has 0 aliphatic carbocycles. The van der Waals surface area contributed by atoms with Crippen molar-refractivity contribution in [3.8, 4) is 0 Å². The molecule has 0 amide bonds. The summed E-state index contributed by atoms with van der Waals surface area (Å²) in [6.45, 7) is 1.79. The Labute approximate surface area is 81.2 Å². The quantitative estimate of drug-likeness (QED) is 0.675. The number of aryl methyl sites for hydroxylation is 1. The third-order valence-electron chi connectivity index (χ3n) is 1.84. The molecule has 0 atom stereocenters. The number of hydrogen-bond acceptors (Lipinski definition) is 3. The first-order valence-electron chi connectivity index (χ1n) is 4.26. The largest absolute Gasteiger partial charge is 0.279 e. The summed E-state index contributed by atoms with van der Waals surface area (Å²) in [7, 11) is 0.